The Hall–Kier alpha value is -7.78. The second-order valence-electron chi connectivity index (χ2n) is 17.1. The number of hydrogen-bond donors (Lipinski definition) is 0. The van der Waals surface area contributed by atoms with E-state index < -0.39 is 10.8 Å². The number of fused-ring (bicyclic) bond motifs is 9. The fraction of sp³-hybridized carbons (Fsp3) is 0.0323. The Balaban J connectivity index is 1.06. The number of hydrogen-bond acceptors (Lipinski definition) is 2. The standard InChI is InChI=1S/C62H41NS/c1-5-21-42(22-6-1)61(43-23-7-2-8-24-43)54-35-18-15-31-50(54)59-55(61)36-20-38-57(59)63(45-27-11-4-12-28-45)46-39-40-58-51(41-46)49-32-19-37-56(60(49)64-58)62(44-25-9-3-10-26-44)52-33-16-13-29-47(52)48-30-14-17-34-53(48)62/h1-41H. The summed E-state index contributed by atoms with van der Waals surface area (Å²) < 4.78 is 2.60. The van der Waals surface area contributed by atoms with Crippen molar-refractivity contribution in [1.29, 1.82) is 0 Å². The third-order valence-electron chi connectivity index (χ3n) is 14.0. The number of para-hydroxylation sites is 1. The topological polar surface area (TPSA) is 3.24 Å². The van der Waals surface area contributed by atoms with E-state index in [0.29, 0.717) is 0 Å². The van der Waals surface area contributed by atoms with Crippen LogP contribution >= 0.6 is 11.3 Å². The van der Waals surface area contributed by atoms with Gasteiger partial charge in [0.05, 0.1) is 16.5 Å². The van der Waals surface area contributed by atoms with Crippen molar-refractivity contribution < 1.29 is 0 Å². The van der Waals surface area contributed by atoms with Gasteiger partial charge in [0.1, 0.15) is 0 Å². The van der Waals surface area contributed by atoms with Crippen molar-refractivity contribution in [2.45, 2.75) is 10.8 Å². The minimum atomic E-state index is -0.497. The molecule has 0 radical (unpaired) electrons. The Morgan fingerprint density at radius 2 is 0.781 bits per heavy atom. The molecule has 0 aliphatic heterocycles. The molecule has 1 nitrogen and oxygen atoms in total. The first-order valence-corrected chi connectivity index (χ1v) is 23.0. The summed E-state index contributed by atoms with van der Waals surface area (Å²) in [6, 6.07) is 92.5. The van der Waals surface area contributed by atoms with Crippen LogP contribution in [0.2, 0.25) is 0 Å². The minimum Gasteiger partial charge on any atom is -0.310 e. The first-order valence-electron chi connectivity index (χ1n) is 22.2. The van der Waals surface area contributed by atoms with Gasteiger partial charge in [0.25, 0.3) is 0 Å². The second kappa shape index (κ2) is 14.4. The molecule has 2 aliphatic rings. The summed E-state index contributed by atoms with van der Waals surface area (Å²) in [7, 11) is 0. The Bertz CT molecular complexity index is 3470. The summed E-state index contributed by atoms with van der Waals surface area (Å²) in [4.78, 5) is 2.49. The zero-order chi connectivity index (χ0) is 42.2. The van der Waals surface area contributed by atoms with Crippen molar-refractivity contribution in [3.8, 4) is 22.3 Å². The summed E-state index contributed by atoms with van der Waals surface area (Å²) >= 11 is 1.92. The van der Waals surface area contributed by atoms with E-state index in [0.717, 1.165) is 17.1 Å². The molecule has 2 heteroatoms. The minimum absolute atomic E-state index is 0.476. The van der Waals surface area contributed by atoms with Gasteiger partial charge in [-0.05, 0) is 97.6 Å². The smallest absolute Gasteiger partial charge is 0.0727 e. The molecule has 0 unspecified atom stereocenters. The van der Waals surface area contributed by atoms with Crippen LogP contribution in [0.1, 0.15) is 44.5 Å². The Morgan fingerprint density at radius 3 is 1.39 bits per heavy atom. The van der Waals surface area contributed by atoms with Gasteiger partial charge in [0.2, 0.25) is 0 Å². The molecule has 0 saturated heterocycles. The molecule has 11 aromatic rings. The van der Waals surface area contributed by atoms with Crippen molar-refractivity contribution in [2.24, 2.45) is 0 Å². The van der Waals surface area contributed by atoms with Crippen molar-refractivity contribution in [1.82, 2.24) is 0 Å². The van der Waals surface area contributed by atoms with Gasteiger partial charge in [0.15, 0.2) is 0 Å². The fourth-order valence-corrected chi connectivity index (χ4v) is 12.8. The number of rotatable bonds is 7. The zero-order valence-corrected chi connectivity index (χ0v) is 35.8. The van der Waals surface area contributed by atoms with Gasteiger partial charge < -0.3 is 4.90 Å². The van der Waals surface area contributed by atoms with E-state index in [-0.39, 0.29) is 0 Å². The Labute approximate surface area is 377 Å². The number of anilines is 3. The van der Waals surface area contributed by atoms with E-state index in [1.54, 1.807) is 0 Å². The third kappa shape index (κ3) is 5.06. The monoisotopic (exact) mass is 831 g/mol. The molecule has 64 heavy (non-hydrogen) atoms. The van der Waals surface area contributed by atoms with Crippen LogP contribution in [0.25, 0.3) is 42.4 Å². The van der Waals surface area contributed by atoms with Crippen LogP contribution in [0.15, 0.2) is 249 Å². The van der Waals surface area contributed by atoms with Gasteiger partial charge in [-0.25, -0.2) is 0 Å². The maximum atomic E-state index is 2.49. The molecule has 0 fully saturated rings. The first-order chi connectivity index (χ1) is 31.8. The predicted octanol–water partition coefficient (Wildman–Crippen LogP) is 16.3. The molecule has 10 aromatic carbocycles. The summed E-state index contributed by atoms with van der Waals surface area (Å²) in [5, 5.41) is 2.54. The molecule has 0 bridgehead atoms. The lowest BCUT2D eigenvalue weighted by Crippen LogP contribution is -2.28. The summed E-state index contributed by atoms with van der Waals surface area (Å²) in [6.07, 6.45) is 0. The van der Waals surface area contributed by atoms with E-state index in [9.17, 15) is 0 Å². The Morgan fingerprint density at radius 1 is 0.312 bits per heavy atom. The fourth-order valence-electron chi connectivity index (χ4n) is 11.6. The van der Waals surface area contributed by atoms with Crippen LogP contribution in [-0.2, 0) is 10.8 Å². The lowest BCUT2D eigenvalue weighted by molar-refractivity contribution is 0.768. The predicted molar refractivity (Wildman–Crippen MR) is 269 cm³/mol. The van der Waals surface area contributed by atoms with Crippen molar-refractivity contribution >= 4 is 48.6 Å². The quantitative estimate of drug-likeness (QED) is 0.155. The largest absolute Gasteiger partial charge is 0.310 e. The average molecular weight is 832 g/mol. The van der Waals surface area contributed by atoms with Crippen LogP contribution in [-0.4, -0.2) is 0 Å². The van der Waals surface area contributed by atoms with E-state index >= 15 is 0 Å². The second-order valence-corrected chi connectivity index (χ2v) is 18.1. The van der Waals surface area contributed by atoms with E-state index in [2.05, 4.69) is 254 Å². The molecule has 0 amide bonds. The van der Waals surface area contributed by atoms with Crippen LogP contribution < -0.4 is 4.90 Å². The molecule has 0 atom stereocenters. The SMILES string of the molecule is c1ccc(N(c2ccc3sc4c(C5(c6ccccc6)c6ccccc6-c6ccccc65)cccc4c3c2)c2cccc3c2-c2ccccc2C3(c2ccccc2)c2ccccc2)cc1. The highest BCUT2D eigenvalue weighted by Crippen LogP contribution is 2.61. The van der Waals surface area contributed by atoms with Gasteiger partial charge >= 0.3 is 0 Å². The molecular weight excluding hydrogens is 791 g/mol. The van der Waals surface area contributed by atoms with Crippen LogP contribution in [0.5, 0.6) is 0 Å². The normalized spacial score (nSPS) is 13.9. The van der Waals surface area contributed by atoms with Gasteiger partial charge in [-0.2, -0.15) is 0 Å². The van der Waals surface area contributed by atoms with Gasteiger partial charge in [0, 0.05) is 37.1 Å². The van der Waals surface area contributed by atoms with Gasteiger partial charge in [-0.3, -0.25) is 0 Å². The molecule has 0 spiro atoms. The van der Waals surface area contributed by atoms with E-state index in [1.807, 2.05) is 11.3 Å². The van der Waals surface area contributed by atoms with Crippen LogP contribution in [0.3, 0.4) is 0 Å². The van der Waals surface area contributed by atoms with Crippen molar-refractivity contribution in [3.63, 3.8) is 0 Å². The van der Waals surface area contributed by atoms with E-state index in [4.69, 9.17) is 0 Å². The van der Waals surface area contributed by atoms with Crippen LogP contribution in [0.4, 0.5) is 17.1 Å². The lowest BCUT2D eigenvalue weighted by atomic mass is 9.67. The number of nitrogens with zero attached hydrogens (tertiary/aromatic N) is 1. The maximum Gasteiger partial charge on any atom is 0.0727 e. The molecule has 1 aromatic heterocycles. The molecule has 13 rings (SSSR count). The first kappa shape index (κ1) is 36.8. The molecule has 0 N–H and O–H groups in total. The van der Waals surface area contributed by atoms with E-state index in [1.165, 1.54) is 86.9 Å². The molecule has 300 valence electrons. The number of thiophene rings is 1. The molecule has 2 aliphatic carbocycles. The van der Waals surface area contributed by atoms with Gasteiger partial charge in [-0.15, -0.1) is 11.3 Å². The van der Waals surface area contributed by atoms with Crippen LogP contribution in [0, 0.1) is 0 Å². The van der Waals surface area contributed by atoms with Crippen molar-refractivity contribution in [2.75, 3.05) is 4.90 Å². The molecule has 1 heterocycles. The molecular formula is C62H41NS. The summed E-state index contributed by atoms with van der Waals surface area (Å²) in [5.74, 6) is 0. The number of benzene rings is 10. The van der Waals surface area contributed by atoms with Gasteiger partial charge in [-0.1, -0.05) is 212 Å². The average Bonchev–Trinajstić information content (AvgIpc) is 4.01. The highest BCUT2D eigenvalue weighted by molar-refractivity contribution is 7.26. The lowest BCUT2D eigenvalue weighted by Gasteiger charge is -2.34. The highest BCUT2D eigenvalue weighted by atomic mass is 32.1. The third-order valence-corrected chi connectivity index (χ3v) is 15.2. The Kier molecular flexibility index (Phi) is 8.28. The summed E-state index contributed by atoms with van der Waals surface area (Å²) in [6.45, 7) is 0. The van der Waals surface area contributed by atoms with Crippen molar-refractivity contribution in [3.05, 3.63) is 293 Å². The zero-order valence-electron chi connectivity index (χ0n) is 35.0. The maximum absolute atomic E-state index is 2.49. The highest BCUT2D eigenvalue weighted by Gasteiger charge is 2.48. The summed E-state index contributed by atoms with van der Waals surface area (Å²) in [5.41, 5.74) is 18.0. The molecule has 0 saturated carbocycles.